The summed E-state index contributed by atoms with van der Waals surface area (Å²) in [6, 6.07) is 9.15. The topological polar surface area (TPSA) is 72.2 Å². The fourth-order valence-electron chi connectivity index (χ4n) is 1.66. The smallest absolute Gasteiger partial charge is 0.216 e. The molecule has 3 N–H and O–H groups in total. The minimum Gasteiger partial charge on any atom is -0.329 e. The summed E-state index contributed by atoms with van der Waals surface area (Å²) in [6.07, 6.45) is 1.69. The molecule has 1 saturated carbocycles. The molecule has 0 spiro atoms. The first-order valence-corrected chi connectivity index (χ1v) is 6.96. The predicted molar refractivity (Wildman–Crippen MR) is 63.2 cm³/mol. The van der Waals surface area contributed by atoms with Crippen molar-refractivity contribution in [2.24, 2.45) is 5.73 Å². The Morgan fingerprint density at radius 1 is 1.25 bits per heavy atom. The van der Waals surface area contributed by atoms with E-state index < -0.39 is 10.0 Å². The van der Waals surface area contributed by atoms with Gasteiger partial charge in [-0.2, -0.15) is 0 Å². The van der Waals surface area contributed by atoms with Crippen molar-refractivity contribution in [3.63, 3.8) is 0 Å². The van der Waals surface area contributed by atoms with Gasteiger partial charge in [0.05, 0.1) is 5.75 Å². The van der Waals surface area contributed by atoms with Crippen LogP contribution in [-0.4, -0.2) is 20.5 Å². The van der Waals surface area contributed by atoms with E-state index in [0.29, 0.717) is 6.54 Å². The Hall–Kier alpha value is -0.910. The molecule has 1 aliphatic carbocycles. The Bertz CT molecular complexity index is 452. The first-order chi connectivity index (χ1) is 7.55. The minimum absolute atomic E-state index is 0.0234. The summed E-state index contributed by atoms with van der Waals surface area (Å²) in [5, 5.41) is 0. The van der Waals surface area contributed by atoms with Gasteiger partial charge < -0.3 is 5.73 Å². The maximum atomic E-state index is 11.8. The lowest BCUT2D eigenvalue weighted by Gasteiger charge is -2.14. The van der Waals surface area contributed by atoms with Crippen LogP contribution in [0.2, 0.25) is 0 Å². The number of hydrogen-bond acceptors (Lipinski definition) is 3. The second-order valence-electron chi connectivity index (χ2n) is 4.33. The summed E-state index contributed by atoms with van der Waals surface area (Å²) in [5.41, 5.74) is 5.98. The highest BCUT2D eigenvalue weighted by Gasteiger charge is 2.44. The van der Waals surface area contributed by atoms with Crippen LogP contribution >= 0.6 is 0 Å². The maximum Gasteiger partial charge on any atom is 0.216 e. The van der Waals surface area contributed by atoms with E-state index in [1.54, 1.807) is 12.1 Å². The van der Waals surface area contributed by atoms with Gasteiger partial charge in [-0.05, 0) is 18.4 Å². The number of nitrogens with one attached hydrogen (secondary N) is 1. The van der Waals surface area contributed by atoms with Crippen molar-refractivity contribution < 1.29 is 8.42 Å². The summed E-state index contributed by atoms with van der Waals surface area (Å²) in [6.45, 7) is 0.376. The van der Waals surface area contributed by atoms with Crippen molar-refractivity contribution in [1.29, 1.82) is 0 Å². The highest BCUT2D eigenvalue weighted by molar-refractivity contribution is 7.88. The van der Waals surface area contributed by atoms with E-state index in [1.165, 1.54) is 0 Å². The molecule has 5 heteroatoms. The van der Waals surface area contributed by atoms with Gasteiger partial charge in [0.15, 0.2) is 0 Å². The normalized spacial score (nSPS) is 18.3. The van der Waals surface area contributed by atoms with Crippen molar-refractivity contribution in [3.8, 4) is 0 Å². The number of nitrogens with two attached hydrogens (primary N) is 1. The summed E-state index contributed by atoms with van der Waals surface area (Å²) in [7, 11) is -3.27. The molecule has 0 atom stereocenters. The zero-order valence-electron chi connectivity index (χ0n) is 9.02. The average Bonchev–Trinajstić information content (AvgIpc) is 2.98. The van der Waals surface area contributed by atoms with Gasteiger partial charge in [-0.15, -0.1) is 0 Å². The van der Waals surface area contributed by atoms with Crippen molar-refractivity contribution in [2.45, 2.75) is 24.1 Å². The first-order valence-electron chi connectivity index (χ1n) is 5.31. The van der Waals surface area contributed by atoms with Crippen LogP contribution in [0.15, 0.2) is 30.3 Å². The SMILES string of the molecule is NCC1(NS(=O)(=O)Cc2ccccc2)CC1. The lowest BCUT2D eigenvalue weighted by atomic mass is 10.2. The second kappa shape index (κ2) is 4.16. The molecule has 2 rings (SSSR count). The molecule has 1 aromatic rings. The molecule has 1 fully saturated rings. The highest BCUT2D eigenvalue weighted by Crippen LogP contribution is 2.34. The zero-order chi connectivity index (χ0) is 11.6. The molecule has 0 aliphatic heterocycles. The van der Waals surface area contributed by atoms with Crippen LogP contribution in [0.3, 0.4) is 0 Å². The minimum atomic E-state index is -3.27. The summed E-state index contributed by atoms with van der Waals surface area (Å²) >= 11 is 0. The summed E-state index contributed by atoms with van der Waals surface area (Å²) in [4.78, 5) is 0. The molecule has 4 nitrogen and oxygen atoms in total. The van der Waals surface area contributed by atoms with E-state index in [9.17, 15) is 8.42 Å². The van der Waals surface area contributed by atoms with Crippen LogP contribution in [0.4, 0.5) is 0 Å². The van der Waals surface area contributed by atoms with Gasteiger partial charge in [0, 0.05) is 12.1 Å². The van der Waals surface area contributed by atoms with Gasteiger partial charge in [-0.25, -0.2) is 13.1 Å². The largest absolute Gasteiger partial charge is 0.329 e. The van der Waals surface area contributed by atoms with Gasteiger partial charge in [0.25, 0.3) is 0 Å². The molecular weight excluding hydrogens is 224 g/mol. The van der Waals surface area contributed by atoms with E-state index in [4.69, 9.17) is 5.73 Å². The van der Waals surface area contributed by atoms with Gasteiger partial charge in [0.1, 0.15) is 0 Å². The Morgan fingerprint density at radius 2 is 1.88 bits per heavy atom. The Morgan fingerprint density at radius 3 is 2.38 bits per heavy atom. The molecule has 0 bridgehead atoms. The lowest BCUT2D eigenvalue weighted by Crippen LogP contribution is -2.42. The van der Waals surface area contributed by atoms with Gasteiger partial charge in [-0.3, -0.25) is 0 Å². The molecule has 0 aromatic heterocycles. The Kier molecular flexibility index (Phi) is 3.01. The van der Waals surface area contributed by atoms with Crippen LogP contribution < -0.4 is 10.5 Å². The number of benzene rings is 1. The van der Waals surface area contributed by atoms with E-state index in [1.807, 2.05) is 18.2 Å². The monoisotopic (exact) mass is 240 g/mol. The third-order valence-electron chi connectivity index (χ3n) is 2.82. The van der Waals surface area contributed by atoms with Gasteiger partial charge in [-0.1, -0.05) is 30.3 Å². The molecule has 0 radical (unpaired) electrons. The van der Waals surface area contributed by atoms with Crippen LogP contribution in [0, 0.1) is 0 Å². The zero-order valence-corrected chi connectivity index (χ0v) is 9.83. The molecule has 0 amide bonds. The van der Waals surface area contributed by atoms with Crippen molar-refractivity contribution in [2.75, 3.05) is 6.54 Å². The number of sulfonamides is 1. The van der Waals surface area contributed by atoms with E-state index in [2.05, 4.69) is 4.72 Å². The van der Waals surface area contributed by atoms with Crippen molar-refractivity contribution in [1.82, 2.24) is 4.72 Å². The summed E-state index contributed by atoms with van der Waals surface area (Å²) < 4.78 is 26.4. The molecule has 0 unspecified atom stereocenters. The standard InChI is InChI=1S/C11H16N2O2S/c12-9-11(6-7-11)13-16(14,15)8-10-4-2-1-3-5-10/h1-5,13H,6-9,12H2. The van der Waals surface area contributed by atoms with E-state index in [-0.39, 0.29) is 11.3 Å². The van der Waals surface area contributed by atoms with Gasteiger partial charge >= 0.3 is 0 Å². The number of hydrogen-bond donors (Lipinski definition) is 2. The second-order valence-corrected chi connectivity index (χ2v) is 6.05. The highest BCUT2D eigenvalue weighted by atomic mass is 32.2. The van der Waals surface area contributed by atoms with E-state index >= 15 is 0 Å². The first kappa shape index (κ1) is 11.6. The van der Waals surface area contributed by atoms with Crippen molar-refractivity contribution >= 4 is 10.0 Å². The Labute approximate surface area is 95.9 Å². The van der Waals surface area contributed by atoms with Crippen molar-refractivity contribution in [3.05, 3.63) is 35.9 Å². The number of rotatable bonds is 5. The molecule has 16 heavy (non-hydrogen) atoms. The van der Waals surface area contributed by atoms with Crippen LogP contribution in [0.1, 0.15) is 18.4 Å². The molecule has 1 aromatic carbocycles. The average molecular weight is 240 g/mol. The van der Waals surface area contributed by atoms with Crippen LogP contribution in [0.5, 0.6) is 0 Å². The predicted octanol–water partition coefficient (Wildman–Crippen LogP) is 0.597. The van der Waals surface area contributed by atoms with E-state index in [0.717, 1.165) is 18.4 Å². The maximum absolute atomic E-state index is 11.8. The van der Waals surface area contributed by atoms with Gasteiger partial charge in [0.2, 0.25) is 10.0 Å². The van der Waals surface area contributed by atoms with Crippen LogP contribution in [0.25, 0.3) is 0 Å². The molecule has 0 saturated heterocycles. The fourth-order valence-corrected chi connectivity index (χ4v) is 3.31. The molecule has 0 heterocycles. The fraction of sp³-hybridized carbons (Fsp3) is 0.455. The molecule has 1 aliphatic rings. The van der Waals surface area contributed by atoms with Crippen LogP contribution in [-0.2, 0) is 15.8 Å². The molecular formula is C11H16N2O2S. The lowest BCUT2D eigenvalue weighted by molar-refractivity contribution is 0.544. The summed E-state index contributed by atoms with van der Waals surface area (Å²) in [5.74, 6) is 0.0234. The quantitative estimate of drug-likeness (QED) is 0.791. The molecule has 88 valence electrons. The third kappa shape index (κ3) is 2.81. The third-order valence-corrected chi connectivity index (χ3v) is 4.27. The Balaban J connectivity index is 2.04.